The molecule has 1 heterocycles. The third-order valence-corrected chi connectivity index (χ3v) is 4.21. The number of rotatable bonds is 3. The van der Waals surface area contributed by atoms with Crippen LogP contribution in [0, 0.1) is 0 Å². The Labute approximate surface area is 113 Å². The molecule has 1 aromatic heterocycles. The number of hydrogen-bond donors (Lipinski definition) is 2. The number of likely N-dealkylation sites (N-methyl/N-ethyl adjacent to an activating group) is 1. The Balaban J connectivity index is 2.00. The van der Waals surface area contributed by atoms with Crippen LogP contribution < -0.4 is 10.1 Å². The number of fused-ring (bicyclic) bond motifs is 1. The maximum Gasteiger partial charge on any atom is 0.119 e. The summed E-state index contributed by atoms with van der Waals surface area (Å²) in [4.78, 5) is 0. The maximum atomic E-state index is 5.34. The quantitative estimate of drug-likeness (QED) is 0.884. The first-order chi connectivity index (χ1) is 9.27. The first kappa shape index (κ1) is 12.2. The minimum atomic E-state index is -0.0337. The molecule has 0 saturated carbocycles. The van der Waals surface area contributed by atoms with E-state index in [0.717, 1.165) is 25.0 Å². The Morgan fingerprint density at radius 3 is 3.11 bits per heavy atom. The summed E-state index contributed by atoms with van der Waals surface area (Å²) in [6.45, 7) is 0. The van der Waals surface area contributed by atoms with Crippen LogP contribution in [0.25, 0.3) is 0 Å². The van der Waals surface area contributed by atoms with E-state index in [-0.39, 0.29) is 5.54 Å². The second-order valence-electron chi connectivity index (χ2n) is 5.11. The van der Waals surface area contributed by atoms with Gasteiger partial charge in [-0.05, 0) is 43.1 Å². The second-order valence-corrected chi connectivity index (χ2v) is 5.11. The van der Waals surface area contributed by atoms with Crippen molar-refractivity contribution in [3.63, 3.8) is 0 Å². The molecule has 0 aliphatic heterocycles. The van der Waals surface area contributed by atoms with Crippen molar-refractivity contribution < 1.29 is 4.74 Å². The van der Waals surface area contributed by atoms with Crippen LogP contribution in [0.3, 0.4) is 0 Å². The number of benzene rings is 1. The molecule has 4 nitrogen and oxygen atoms in total. The van der Waals surface area contributed by atoms with Gasteiger partial charge in [-0.15, -0.1) is 0 Å². The second kappa shape index (κ2) is 4.70. The van der Waals surface area contributed by atoms with E-state index in [1.54, 1.807) is 7.11 Å². The van der Waals surface area contributed by atoms with Crippen molar-refractivity contribution in [1.29, 1.82) is 0 Å². The number of methoxy groups -OCH3 is 1. The zero-order valence-corrected chi connectivity index (χ0v) is 11.4. The van der Waals surface area contributed by atoms with Gasteiger partial charge in [0.1, 0.15) is 5.75 Å². The van der Waals surface area contributed by atoms with Crippen molar-refractivity contribution in [3.8, 4) is 5.75 Å². The summed E-state index contributed by atoms with van der Waals surface area (Å²) in [5.74, 6) is 0.905. The molecule has 0 amide bonds. The third kappa shape index (κ3) is 2.02. The monoisotopic (exact) mass is 257 g/mol. The highest BCUT2D eigenvalue weighted by molar-refractivity contribution is 5.37. The average Bonchev–Trinajstić information content (AvgIpc) is 2.94. The molecule has 1 aromatic carbocycles. The van der Waals surface area contributed by atoms with Crippen LogP contribution in [0.2, 0.25) is 0 Å². The molecule has 0 spiro atoms. The van der Waals surface area contributed by atoms with E-state index in [2.05, 4.69) is 33.7 Å². The molecule has 1 unspecified atom stereocenters. The van der Waals surface area contributed by atoms with Crippen LogP contribution >= 0.6 is 0 Å². The molecular formula is C15H19N3O. The Kier molecular flexibility index (Phi) is 3.03. The van der Waals surface area contributed by atoms with Gasteiger partial charge in [0, 0.05) is 17.7 Å². The van der Waals surface area contributed by atoms with E-state index < -0.39 is 0 Å². The van der Waals surface area contributed by atoms with Crippen LogP contribution in [0.4, 0.5) is 0 Å². The smallest absolute Gasteiger partial charge is 0.119 e. The summed E-state index contributed by atoms with van der Waals surface area (Å²) in [6.07, 6.45) is 5.00. The topological polar surface area (TPSA) is 49.9 Å². The minimum Gasteiger partial charge on any atom is -0.497 e. The molecule has 0 fully saturated rings. The third-order valence-electron chi connectivity index (χ3n) is 4.21. The number of H-pyrrole nitrogens is 1. The number of aryl methyl sites for hydroxylation is 1. The molecule has 2 aromatic rings. The fraction of sp³-hybridized carbons (Fsp3) is 0.400. The lowest BCUT2D eigenvalue weighted by atomic mass is 9.76. The summed E-state index contributed by atoms with van der Waals surface area (Å²) in [5, 5.41) is 10.8. The number of nitrogens with one attached hydrogen (secondary N) is 2. The van der Waals surface area contributed by atoms with Crippen LogP contribution in [-0.4, -0.2) is 24.4 Å². The number of ether oxygens (including phenoxy) is 1. The van der Waals surface area contributed by atoms with Crippen LogP contribution in [0.15, 0.2) is 30.5 Å². The Morgan fingerprint density at radius 2 is 2.32 bits per heavy atom. The van der Waals surface area contributed by atoms with Gasteiger partial charge in [-0.2, -0.15) is 5.10 Å². The fourth-order valence-corrected chi connectivity index (χ4v) is 2.97. The van der Waals surface area contributed by atoms with E-state index in [1.807, 2.05) is 19.3 Å². The highest BCUT2D eigenvalue weighted by Gasteiger charge is 2.35. The van der Waals surface area contributed by atoms with Gasteiger partial charge in [-0.1, -0.05) is 12.1 Å². The highest BCUT2D eigenvalue weighted by atomic mass is 16.5. The van der Waals surface area contributed by atoms with E-state index in [4.69, 9.17) is 4.74 Å². The summed E-state index contributed by atoms with van der Waals surface area (Å²) < 4.78 is 5.34. The molecule has 19 heavy (non-hydrogen) atoms. The summed E-state index contributed by atoms with van der Waals surface area (Å²) in [6, 6.07) is 8.32. The van der Waals surface area contributed by atoms with Gasteiger partial charge >= 0.3 is 0 Å². The first-order valence-electron chi connectivity index (χ1n) is 6.62. The lowest BCUT2D eigenvalue weighted by molar-refractivity contribution is 0.310. The van der Waals surface area contributed by atoms with Crippen molar-refractivity contribution in [2.75, 3.05) is 14.2 Å². The molecule has 1 atom stereocenters. The normalized spacial score (nSPS) is 22.0. The van der Waals surface area contributed by atoms with Gasteiger partial charge in [-0.3, -0.25) is 5.10 Å². The average molecular weight is 257 g/mol. The van der Waals surface area contributed by atoms with E-state index in [1.165, 1.54) is 16.8 Å². The Hall–Kier alpha value is -1.81. The fourth-order valence-electron chi connectivity index (χ4n) is 2.97. The predicted octanol–water partition coefficient (Wildman–Crippen LogP) is 2.02. The van der Waals surface area contributed by atoms with Gasteiger partial charge in [-0.25, -0.2) is 0 Å². The predicted molar refractivity (Wildman–Crippen MR) is 74.3 cm³/mol. The van der Waals surface area contributed by atoms with Crippen LogP contribution in [-0.2, 0) is 18.4 Å². The van der Waals surface area contributed by atoms with E-state index >= 15 is 0 Å². The van der Waals surface area contributed by atoms with Gasteiger partial charge in [0.25, 0.3) is 0 Å². The van der Waals surface area contributed by atoms with E-state index in [9.17, 15) is 0 Å². The zero-order valence-electron chi connectivity index (χ0n) is 11.4. The molecule has 2 N–H and O–H groups in total. The Morgan fingerprint density at radius 1 is 1.42 bits per heavy atom. The number of nitrogens with zero attached hydrogens (tertiary/aromatic N) is 1. The lowest BCUT2D eigenvalue weighted by Crippen LogP contribution is -2.44. The number of aromatic amines is 1. The summed E-state index contributed by atoms with van der Waals surface area (Å²) in [5.41, 5.74) is 3.82. The number of aromatic nitrogens is 2. The molecule has 4 heteroatoms. The Bertz CT molecular complexity index is 578. The van der Waals surface area contributed by atoms with Gasteiger partial charge in [0.05, 0.1) is 13.3 Å². The van der Waals surface area contributed by atoms with Crippen molar-refractivity contribution in [2.45, 2.75) is 24.8 Å². The van der Waals surface area contributed by atoms with Crippen molar-refractivity contribution in [1.82, 2.24) is 15.5 Å². The van der Waals surface area contributed by atoms with Gasteiger partial charge in [0.15, 0.2) is 0 Å². The van der Waals surface area contributed by atoms with Crippen molar-refractivity contribution in [2.24, 2.45) is 0 Å². The van der Waals surface area contributed by atoms with Gasteiger partial charge < -0.3 is 10.1 Å². The molecule has 1 aliphatic rings. The number of hydrogen-bond acceptors (Lipinski definition) is 3. The molecule has 0 bridgehead atoms. The van der Waals surface area contributed by atoms with Crippen molar-refractivity contribution >= 4 is 0 Å². The van der Waals surface area contributed by atoms with Crippen molar-refractivity contribution in [3.05, 3.63) is 47.3 Å². The standard InChI is InChI=1S/C15H19N3O/c1-16-15(12-4-3-5-13(8-12)19-2)7-6-11-10-17-18-14(11)9-15/h3-5,8,10,16H,6-7,9H2,1-2H3,(H,17,18). The zero-order chi connectivity index (χ0) is 13.3. The molecular weight excluding hydrogens is 238 g/mol. The van der Waals surface area contributed by atoms with E-state index in [0.29, 0.717) is 0 Å². The lowest BCUT2D eigenvalue weighted by Gasteiger charge is -2.37. The van der Waals surface area contributed by atoms with Crippen LogP contribution in [0.5, 0.6) is 5.75 Å². The van der Waals surface area contributed by atoms with Gasteiger partial charge in [0.2, 0.25) is 0 Å². The van der Waals surface area contributed by atoms with Crippen LogP contribution in [0.1, 0.15) is 23.2 Å². The summed E-state index contributed by atoms with van der Waals surface area (Å²) >= 11 is 0. The molecule has 0 saturated heterocycles. The molecule has 100 valence electrons. The molecule has 0 radical (unpaired) electrons. The minimum absolute atomic E-state index is 0.0337. The molecule has 1 aliphatic carbocycles. The first-order valence-corrected chi connectivity index (χ1v) is 6.62. The SMILES string of the molecule is CNC1(c2cccc(OC)c2)CCc2cn[nH]c2C1. The highest BCUT2D eigenvalue weighted by Crippen LogP contribution is 2.36. The summed E-state index contributed by atoms with van der Waals surface area (Å²) in [7, 11) is 3.74. The maximum absolute atomic E-state index is 5.34. The largest absolute Gasteiger partial charge is 0.497 e. The molecule has 3 rings (SSSR count).